The number of thiazole rings is 1. The van der Waals surface area contributed by atoms with E-state index in [2.05, 4.69) is 5.32 Å². The Morgan fingerprint density at radius 3 is 2.56 bits per heavy atom. The number of nitrogens with two attached hydrogens (primary N) is 1. The maximum absolute atomic E-state index is 12.7. The Morgan fingerprint density at radius 1 is 1.20 bits per heavy atom. The number of ether oxygens (including phenoxy) is 1. The lowest BCUT2D eigenvalue weighted by molar-refractivity contribution is 0.103. The Bertz CT molecular complexity index is 975. The van der Waals surface area contributed by atoms with Gasteiger partial charge in [0, 0.05) is 5.69 Å². The van der Waals surface area contributed by atoms with Gasteiger partial charge in [0.05, 0.1) is 12.8 Å². The number of rotatable bonds is 4. The molecule has 0 saturated heterocycles. The number of aryl methyl sites for hydroxylation is 1. The maximum atomic E-state index is 12.7. The van der Waals surface area contributed by atoms with Crippen molar-refractivity contribution in [2.45, 2.75) is 6.92 Å². The molecule has 3 rings (SSSR count). The van der Waals surface area contributed by atoms with Crippen molar-refractivity contribution in [2.75, 3.05) is 18.2 Å². The van der Waals surface area contributed by atoms with E-state index in [1.807, 2.05) is 43.3 Å². The Morgan fingerprint density at radius 2 is 1.88 bits per heavy atom. The molecule has 0 saturated carbocycles. The predicted molar refractivity (Wildman–Crippen MR) is 105 cm³/mol. The van der Waals surface area contributed by atoms with Crippen LogP contribution in [0.5, 0.6) is 5.75 Å². The molecule has 25 heavy (non-hydrogen) atoms. The van der Waals surface area contributed by atoms with Crippen LogP contribution in [0.1, 0.15) is 15.2 Å². The largest absolute Gasteiger partial charge is 0.495 e. The SMILES string of the molecule is COc1ccccc1NC(=O)c1sc(=S)n(-c2ccc(C)cc2)c1N. The number of nitrogen functional groups attached to an aromatic ring is 1. The van der Waals surface area contributed by atoms with Crippen molar-refractivity contribution in [3.63, 3.8) is 0 Å². The van der Waals surface area contributed by atoms with Crippen LogP contribution in [0.3, 0.4) is 0 Å². The van der Waals surface area contributed by atoms with Crippen molar-refractivity contribution < 1.29 is 9.53 Å². The predicted octanol–water partition coefficient (Wildman–Crippen LogP) is 4.42. The van der Waals surface area contributed by atoms with Gasteiger partial charge in [0.2, 0.25) is 0 Å². The molecule has 3 N–H and O–H groups in total. The van der Waals surface area contributed by atoms with E-state index in [9.17, 15) is 4.79 Å². The number of benzene rings is 2. The average molecular weight is 371 g/mol. The van der Waals surface area contributed by atoms with Crippen LogP contribution in [0.25, 0.3) is 5.69 Å². The van der Waals surface area contributed by atoms with Crippen LogP contribution in [0, 0.1) is 10.9 Å². The topological polar surface area (TPSA) is 69.3 Å². The molecule has 0 radical (unpaired) electrons. The third kappa shape index (κ3) is 3.42. The van der Waals surface area contributed by atoms with Gasteiger partial charge >= 0.3 is 0 Å². The third-order valence-corrected chi connectivity index (χ3v) is 5.09. The second kappa shape index (κ2) is 7.08. The number of amides is 1. The summed E-state index contributed by atoms with van der Waals surface area (Å²) in [5.74, 6) is 0.589. The van der Waals surface area contributed by atoms with E-state index in [4.69, 9.17) is 22.7 Å². The number of nitrogens with zero attached hydrogens (tertiary/aromatic N) is 1. The Balaban J connectivity index is 1.96. The van der Waals surface area contributed by atoms with E-state index >= 15 is 0 Å². The lowest BCUT2D eigenvalue weighted by Crippen LogP contribution is -2.14. The van der Waals surface area contributed by atoms with Gasteiger partial charge in [-0.05, 0) is 43.4 Å². The molecular formula is C18H17N3O2S2. The molecule has 1 amide bonds. The first kappa shape index (κ1) is 17.2. The highest BCUT2D eigenvalue weighted by Gasteiger charge is 2.19. The lowest BCUT2D eigenvalue weighted by Gasteiger charge is -2.10. The molecule has 0 aliphatic carbocycles. The van der Waals surface area contributed by atoms with Gasteiger partial charge in [-0.2, -0.15) is 0 Å². The first-order chi connectivity index (χ1) is 12.0. The molecule has 5 nitrogen and oxygen atoms in total. The molecule has 0 bridgehead atoms. The van der Waals surface area contributed by atoms with Crippen LogP contribution in [-0.2, 0) is 0 Å². The molecular weight excluding hydrogens is 354 g/mol. The summed E-state index contributed by atoms with van der Waals surface area (Å²) in [5, 5.41) is 2.83. The fourth-order valence-electron chi connectivity index (χ4n) is 2.41. The van der Waals surface area contributed by atoms with Crippen LogP contribution < -0.4 is 15.8 Å². The molecule has 0 atom stereocenters. The molecule has 0 aliphatic rings. The van der Waals surface area contributed by atoms with Crippen molar-refractivity contribution in [2.24, 2.45) is 0 Å². The molecule has 3 aromatic rings. The Hall–Kier alpha value is -2.64. The van der Waals surface area contributed by atoms with Gasteiger partial charge in [0.1, 0.15) is 16.4 Å². The van der Waals surface area contributed by atoms with Crippen molar-refractivity contribution in [1.82, 2.24) is 4.57 Å². The second-order valence-corrected chi connectivity index (χ2v) is 7.05. The number of para-hydroxylation sites is 2. The number of nitrogens with one attached hydrogen (secondary N) is 1. The number of anilines is 2. The van der Waals surface area contributed by atoms with E-state index in [0.29, 0.717) is 26.1 Å². The van der Waals surface area contributed by atoms with Crippen molar-refractivity contribution in [1.29, 1.82) is 0 Å². The van der Waals surface area contributed by atoms with Crippen molar-refractivity contribution in [3.8, 4) is 11.4 Å². The first-order valence-electron chi connectivity index (χ1n) is 7.54. The van der Waals surface area contributed by atoms with E-state index in [1.165, 1.54) is 11.3 Å². The number of carbonyl (C=O) groups excluding carboxylic acids is 1. The molecule has 7 heteroatoms. The summed E-state index contributed by atoms with van der Waals surface area (Å²) in [6.07, 6.45) is 0. The van der Waals surface area contributed by atoms with E-state index in [0.717, 1.165) is 11.3 Å². The van der Waals surface area contributed by atoms with Gasteiger partial charge < -0.3 is 15.8 Å². The maximum Gasteiger partial charge on any atom is 0.269 e. The smallest absolute Gasteiger partial charge is 0.269 e. The molecule has 0 unspecified atom stereocenters. The summed E-state index contributed by atoms with van der Waals surface area (Å²) in [6, 6.07) is 15.0. The summed E-state index contributed by atoms with van der Waals surface area (Å²) in [7, 11) is 1.55. The van der Waals surface area contributed by atoms with Crippen LogP contribution in [0.2, 0.25) is 0 Å². The Kier molecular flexibility index (Phi) is 4.87. The second-order valence-electron chi connectivity index (χ2n) is 5.41. The van der Waals surface area contributed by atoms with Crippen LogP contribution in [0.15, 0.2) is 48.5 Å². The number of hydrogen-bond donors (Lipinski definition) is 2. The van der Waals surface area contributed by atoms with E-state index in [1.54, 1.807) is 23.8 Å². The highest BCUT2D eigenvalue weighted by atomic mass is 32.1. The van der Waals surface area contributed by atoms with Gasteiger partial charge in [0.25, 0.3) is 5.91 Å². The molecule has 1 heterocycles. The average Bonchev–Trinajstić information content (AvgIpc) is 2.91. The van der Waals surface area contributed by atoms with Gasteiger partial charge in [-0.1, -0.05) is 41.2 Å². The molecule has 0 aliphatic heterocycles. The minimum absolute atomic E-state index is 0.316. The number of aromatic nitrogens is 1. The van der Waals surface area contributed by atoms with Crippen molar-refractivity contribution >= 4 is 41.0 Å². The normalized spacial score (nSPS) is 10.5. The summed E-state index contributed by atoms with van der Waals surface area (Å²) in [6.45, 7) is 2.01. The fraction of sp³-hybridized carbons (Fsp3) is 0.111. The zero-order chi connectivity index (χ0) is 18.0. The first-order valence-corrected chi connectivity index (χ1v) is 8.76. The standard InChI is InChI=1S/C18H17N3O2S2/c1-11-7-9-12(10-8-11)21-16(19)15(25-18(21)24)17(22)20-13-5-3-4-6-14(13)23-2/h3-10H,19H2,1-2H3,(H,20,22). The zero-order valence-electron chi connectivity index (χ0n) is 13.8. The molecule has 128 valence electrons. The number of hydrogen-bond acceptors (Lipinski definition) is 5. The number of carbonyl (C=O) groups is 1. The lowest BCUT2D eigenvalue weighted by atomic mass is 10.2. The third-order valence-electron chi connectivity index (χ3n) is 3.70. The van der Waals surface area contributed by atoms with Gasteiger partial charge in [-0.25, -0.2) is 0 Å². The molecule has 2 aromatic carbocycles. The monoisotopic (exact) mass is 371 g/mol. The summed E-state index contributed by atoms with van der Waals surface area (Å²) in [5.41, 5.74) is 8.76. The van der Waals surface area contributed by atoms with E-state index in [-0.39, 0.29) is 5.91 Å². The fourth-order valence-corrected chi connectivity index (χ4v) is 3.68. The molecule has 1 aromatic heterocycles. The summed E-state index contributed by atoms with van der Waals surface area (Å²) < 4.78 is 7.48. The van der Waals surface area contributed by atoms with Gasteiger partial charge in [0.15, 0.2) is 3.95 Å². The quantitative estimate of drug-likeness (QED) is 0.666. The van der Waals surface area contributed by atoms with Gasteiger partial charge in [-0.15, -0.1) is 0 Å². The minimum atomic E-state index is -0.316. The number of methoxy groups -OCH3 is 1. The summed E-state index contributed by atoms with van der Waals surface area (Å²) in [4.78, 5) is 13.0. The zero-order valence-corrected chi connectivity index (χ0v) is 15.4. The van der Waals surface area contributed by atoms with Crippen LogP contribution >= 0.6 is 23.6 Å². The van der Waals surface area contributed by atoms with Crippen LogP contribution in [0.4, 0.5) is 11.5 Å². The van der Waals surface area contributed by atoms with Crippen LogP contribution in [-0.4, -0.2) is 17.6 Å². The Labute approximate surface area is 154 Å². The molecule has 0 fully saturated rings. The highest BCUT2D eigenvalue weighted by molar-refractivity contribution is 7.73. The molecule has 0 spiro atoms. The van der Waals surface area contributed by atoms with E-state index < -0.39 is 0 Å². The highest BCUT2D eigenvalue weighted by Crippen LogP contribution is 2.29. The summed E-state index contributed by atoms with van der Waals surface area (Å²) >= 11 is 6.59. The minimum Gasteiger partial charge on any atom is -0.495 e. The van der Waals surface area contributed by atoms with Gasteiger partial charge in [-0.3, -0.25) is 9.36 Å². The van der Waals surface area contributed by atoms with Crippen molar-refractivity contribution in [3.05, 3.63) is 62.9 Å².